The summed E-state index contributed by atoms with van der Waals surface area (Å²) in [6.07, 6.45) is 3.72. The van der Waals surface area contributed by atoms with Crippen LogP contribution in [0.5, 0.6) is 0 Å². The number of amides is 2. The smallest absolute Gasteiger partial charge is 0.242 e. The number of hydrogen-bond acceptors (Lipinski definition) is 7. The molecule has 1 aromatic heterocycles. The molecule has 4 atom stereocenters. The second-order valence-electron chi connectivity index (χ2n) is 10.4. The Labute approximate surface area is 222 Å². The van der Waals surface area contributed by atoms with Gasteiger partial charge in [0.25, 0.3) is 0 Å². The highest BCUT2D eigenvalue weighted by Gasteiger charge is 2.54. The molecule has 0 spiro atoms. The molecule has 5 rings (SSSR count). The van der Waals surface area contributed by atoms with E-state index in [9.17, 15) is 18.0 Å². The van der Waals surface area contributed by atoms with Gasteiger partial charge in [-0.15, -0.1) is 11.3 Å². The summed E-state index contributed by atoms with van der Waals surface area (Å²) >= 11 is 7.17. The Morgan fingerprint density at radius 3 is 2.72 bits per heavy atom. The zero-order valence-electron chi connectivity index (χ0n) is 20.5. The van der Waals surface area contributed by atoms with Gasteiger partial charge >= 0.3 is 0 Å². The maximum atomic E-state index is 13.3. The van der Waals surface area contributed by atoms with Crippen molar-refractivity contribution in [3.63, 3.8) is 0 Å². The maximum absolute atomic E-state index is 13.3. The quantitative estimate of drug-likeness (QED) is 0.521. The number of piperazine rings is 1. The standard InChI is InChI=1S/C24H34ClN5O4S2/c1-27-8-10-28(11-9-27)15-21-19-13-17(19)14-30(21)23(31)16-29-7-2-3-20(24(29)32)26-36(33,34)12-6-18-4-5-22(25)35-18/h4-6,12,17,19-21,26H,2-3,7-11,13-16H2,1H3/b12-6+. The Kier molecular flexibility index (Phi) is 7.77. The minimum Gasteiger partial charge on any atom is -0.336 e. The Bertz CT molecular complexity index is 1120. The van der Waals surface area contributed by atoms with Crippen LogP contribution in [0.25, 0.3) is 6.08 Å². The lowest BCUT2D eigenvalue weighted by Crippen LogP contribution is -2.56. The Morgan fingerprint density at radius 1 is 1.22 bits per heavy atom. The van der Waals surface area contributed by atoms with Crippen molar-refractivity contribution in [3.8, 4) is 0 Å². The Balaban J connectivity index is 1.17. The number of nitrogens with one attached hydrogen (secondary N) is 1. The van der Waals surface area contributed by atoms with E-state index in [1.807, 2.05) is 4.90 Å². The third-order valence-corrected chi connectivity index (χ3v) is 10.1. The number of rotatable bonds is 8. The number of thiophene rings is 1. The fraction of sp³-hybridized carbons (Fsp3) is 0.667. The largest absolute Gasteiger partial charge is 0.336 e. The molecule has 36 heavy (non-hydrogen) atoms. The van der Waals surface area contributed by atoms with Crippen LogP contribution in [0.2, 0.25) is 4.34 Å². The summed E-state index contributed by atoms with van der Waals surface area (Å²) in [5.41, 5.74) is 0. The molecular formula is C24H34ClN5O4S2. The Morgan fingerprint density at radius 2 is 2.00 bits per heavy atom. The molecule has 4 fully saturated rings. The van der Waals surface area contributed by atoms with E-state index in [0.29, 0.717) is 40.4 Å². The summed E-state index contributed by atoms with van der Waals surface area (Å²) in [6, 6.07) is 2.79. The highest BCUT2D eigenvalue weighted by Crippen LogP contribution is 2.49. The topological polar surface area (TPSA) is 93.3 Å². The van der Waals surface area contributed by atoms with Gasteiger partial charge in [0.2, 0.25) is 21.8 Å². The molecule has 0 radical (unpaired) electrons. The molecule has 0 bridgehead atoms. The third kappa shape index (κ3) is 6.14. The first-order valence-corrected chi connectivity index (χ1v) is 15.4. The number of halogens is 1. The fourth-order valence-corrected chi connectivity index (χ4v) is 7.73. The summed E-state index contributed by atoms with van der Waals surface area (Å²) in [7, 11) is -1.68. The minimum absolute atomic E-state index is 0.0132. The van der Waals surface area contributed by atoms with Crippen molar-refractivity contribution in [2.75, 3.05) is 59.4 Å². The number of sulfonamides is 1. The number of carbonyl (C=O) groups excluding carboxylic acids is 2. The predicted octanol–water partition coefficient (Wildman–Crippen LogP) is 1.38. The molecule has 1 aliphatic carbocycles. The lowest BCUT2D eigenvalue weighted by atomic mass is 10.1. The normalized spacial score (nSPS) is 29.8. The van der Waals surface area contributed by atoms with Gasteiger partial charge in [-0.1, -0.05) is 11.6 Å². The monoisotopic (exact) mass is 555 g/mol. The highest BCUT2D eigenvalue weighted by molar-refractivity contribution is 7.92. The van der Waals surface area contributed by atoms with Crippen molar-refractivity contribution in [2.45, 2.75) is 31.3 Å². The van der Waals surface area contributed by atoms with Crippen LogP contribution in [0, 0.1) is 11.8 Å². The maximum Gasteiger partial charge on any atom is 0.242 e. The molecule has 12 heteroatoms. The predicted molar refractivity (Wildman–Crippen MR) is 141 cm³/mol. The first-order valence-electron chi connectivity index (χ1n) is 12.6. The fourth-order valence-electron chi connectivity index (χ4n) is 5.66. The lowest BCUT2D eigenvalue weighted by molar-refractivity contribution is -0.144. The number of hydrogen-bond donors (Lipinski definition) is 1. The second kappa shape index (κ2) is 10.7. The molecule has 198 valence electrons. The molecule has 9 nitrogen and oxygen atoms in total. The van der Waals surface area contributed by atoms with Crippen LogP contribution in [0.4, 0.5) is 0 Å². The summed E-state index contributed by atoms with van der Waals surface area (Å²) in [5.74, 6) is 0.821. The highest BCUT2D eigenvalue weighted by atomic mass is 35.5. The SMILES string of the molecule is CN1CCN(CC2C3CC3CN2C(=O)CN2CCCC(NS(=O)(=O)/C=C/c3ccc(Cl)s3)C2=O)CC1. The van der Waals surface area contributed by atoms with Gasteiger partial charge in [-0.05, 0) is 56.4 Å². The molecule has 4 unspecified atom stereocenters. The van der Waals surface area contributed by atoms with E-state index in [1.165, 1.54) is 28.7 Å². The van der Waals surface area contributed by atoms with Crippen molar-refractivity contribution in [3.05, 3.63) is 26.8 Å². The second-order valence-corrected chi connectivity index (χ2v) is 13.8. The molecule has 3 saturated heterocycles. The van der Waals surface area contributed by atoms with Crippen molar-refractivity contribution >= 4 is 50.9 Å². The summed E-state index contributed by atoms with van der Waals surface area (Å²) < 4.78 is 28.2. The first-order chi connectivity index (χ1) is 17.2. The van der Waals surface area contributed by atoms with E-state index in [-0.39, 0.29) is 24.4 Å². The van der Waals surface area contributed by atoms with Crippen molar-refractivity contribution in [1.82, 2.24) is 24.3 Å². The van der Waals surface area contributed by atoms with E-state index in [1.54, 1.807) is 12.1 Å². The van der Waals surface area contributed by atoms with Gasteiger partial charge in [-0.25, -0.2) is 8.42 Å². The van der Waals surface area contributed by atoms with Crippen LogP contribution in [0.1, 0.15) is 24.1 Å². The van der Waals surface area contributed by atoms with Crippen LogP contribution in [0.15, 0.2) is 17.5 Å². The molecule has 1 saturated carbocycles. The van der Waals surface area contributed by atoms with Crippen molar-refractivity contribution in [2.24, 2.45) is 11.8 Å². The van der Waals surface area contributed by atoms with Gasteiger partial charge in [-0.3, -0.25) is 14.5 Å². The van der Waals surface area contributed by atoms with Crippen LogP contribution >= 0.6 is 22.9 Å². The van der Waals surface area contributed by atoms with E-state index < -0.39 is 16.1 Å². The van der Waals surface area contributed by atoms with Gasteiger partial charge in [0.1, 0.15) is 6.04 Å². The van der Waals surface area contributed by atoms with Crippen molar-refractivity contribution < 1.29 is 18.0 Å². The van der Waals surface area contributed by atoms with Gasteiger partial charge in [0.05, 0.1) is 10.9 Å². The number of likely N-dealkylation sites (N-methyl/N-ethyl adjacent to an activating group) is 1. The van der Waals surface area contributed by atoms with Crippen LogP contribution in [-0.4, -0.2) is 111 Å². The zero-order chi connectivity index (χ0) is 25.4. The number of nitrogens with zero attached hydrogens (tertiary/aromatic N) is 4. The van der Waals surface area contributed by atoms with Crippen LogP contribution in [0.3, 0.4) is 0 Å². The van der Waals surface area contributed by atoms with Gasteiger partial charge in [0, 0.05) is 62.1 Å². The number of piperidine rings is 2. The molecule has 3 aliphatic heterocycles. The number of carbonyl (C=O) groups is 2. The molecular weight excluding hydrogens is 522 g/mol. The van der Waals surface area contributed by atoms with Gasteiger partial charge < -0.3 is 14.7 Å². The van der Waals surface area contributed by atoms with Crippen LogP contribution in [-0.2, 0) is 19.6 Å². The Hall–Kier alpha value is -1.50. The van der Waals surface area contributed by atoms with E-state index in [2.05, 4.69) is 21.6 Å². The third-order valence-electron chi connectivity index (χ3n) is 7.83. The lowest BCUT2D eigenvalue weighted by Gasteiger charge is -2.38. The van der Waals surface area contributed by atoms with Crippen LogP contribution < -0.4 is 4.72 Å². The molecule has 1 aromatic rings. The number of fused-ring (bicyclic) bond motifs is 1. The summed E-state index contributed by atoms with van der Waals surface area (Å²) in [5, 5.41) is 1.06. The van der Waals surface area contributed by atoms with E-state index >= 15 is 0 Å². The molecule has 1 N–H and O–H groups in total. The molecule has 4 heterocycles. The zero-order valence-corrected chi connectivity index (χ0v) is 22.9. The average molecular weight is 556 g/mol. The summed E-state index contributed by atoms with van der Waals surface area (Å²) in [6.45, 7) is 6.29. The molecule has 4 aliphatic rings. The van der Waals surface area contributed by atoms with E-state index in [0.717, 1.165) is 44.7 Å². The minimum atomic E-state index is -3.82. The number of likely N-dealkylation sites (tertiary alicyclic amines) is 2. The van der Waals surface area contributed by atoms with Gasteiger partial charge in [0.15, 0.2) is 0 Å². The van der Waals surface area contributed by atoms with Gasteiger partial charge in [-0.2, -0.15) is 4.72 Å². The molecule has 0 aromatic carbocycles. The van der Waals surface area contributed by atoms with Crippen molar-refractivity contribution in [1.29, 1.82) is 0 Å². The average Bonchev–Trinajstić information content (AvgIpc) is 3.34. The first kappa shape index (κ1) is 26.1. The van der Waals surface area contributed by atoms with E-state index in [4.69, 9.17) is 11.6 Å². The molecule has 2 amide bonds. The summed E-state index contributed by atoms with van der Waals surface area (Å²) in [4.78, 5) is 35.5.